The number of nitrogens with one attached hydrogen (secondary N) is 1. The van der Waals surface area contributed by atoms with Crippen molar-refractivity contribution in [2.45, 2.75) is 32.5 Å². The van der Waals surface area contributed by atoms with Crippen molar-refractivity contribution in [1.82, 2.24) is 5.32 Å². The molecule has 1 nitrogen and oxygen atoms in total. The highest BCUT2D eigenvalue weighted by atomic mass is 19.1. The largest absolute Gasteiger partial charge is 0.313 e. The van der Waals surface area contributed by atoms with Crippen molar-refractivity contribution in [2.75, 3.05) is 7.05 Å². The predicted molar refractivity (Wildman–Crippen MR) is 58.1 cm³/mol. The molecule has 0 bridgehead atoms. The molecule has 1 aromatic rings. The average molecular weight is 195 g/mol. The summed E-state index contributed by atoms with van der Waals surface area (Å²) in [4.78, 5) is 0. The SMILES string of the molecule is CNC(C)c1cccc(C(C)(C)F)c1. The van der Waals surface area contributed by atoms with Crippen LogP contribution in [-0.2, 0) is 5.67 Å². The van der Waals surface area contributed by atoms with E-state index in [9.17, 15) is 4.39 Å². The third kappa shape index (κ3) is 2.55. The normalized spacial score (nSPS) is 14.1. The van der Waals surface area contributed by atoms with Gasteiger partial charge in [0.05, 0.1) is 0 Å². The van der Waals surface area contributed by atoms with Gasteiger partial charge >= 0.3 is 0 Å². The number of alkyl halides is 1. The van der Waals surface area contributed by atoms with E-state index in [4.69, 9.17) is 0 Å². The van der Waals surface area contributed by atoms with E-state index in [0.29, 0.717) is 0 Å². The first-order valence-corrected chi connectivity index (χ1v) is 4.92. The van der Waals surface area contributed by atoms with Crippen LogP contribution in [0.4, 0.5) is 4.39 Å². The zero-order chi connectivity index (χ0) is 10.8. The molecule has 1 atom stereocenters. The van der Waals surface area contributed by atoms with E-state index in [0.717, 1.165) is 11.1 Å². The van der Waals surface area contributed by atoms with Gasteiger partial charge in [-0.2, -0.15) is 0 Å². The molecule has 0 aliphatic heterocycles. The Bertz CT molecular complexity index is 301. The molecule has 14 heavy (non-hydrogen) atoms. The van der Waals surface area contributed by atoms with Crippen molar-refractivity contribution in [3.05, 3.63) is 35.4 Å². The highest BCUT2D eigenvalue weighted by molar-refractivity contribution is 5.29. The van der Waals surface area contributed by atoms with Gasteiger partial charge in [-0.15, -0.1) is 0 Å². The summed E-state index contributed by atoms with van der Waals surface area (Å²) in [5.41, 5.74) is 0.594. The molecule has 1 rings (SSSR count). The summed E-state index contributed by atoms with van der Waals surface area (Å²) < 4.78 is 13.6. The van der Waals surface area contributed by atoms with Crippen LogP contribution in [0.25, 0.3) is 0 Å². The van der Waals surface area contributed by atoms with E-state index in [1.807, 2.05) is 31.3 Å². The smallest absolute Gasteiger partial charge is 0.130 e. The third-order valence-corrected chi connectivity index (χ3v) is 2.51. The summed E-state index contributed by atoms with van der Waals surface area (Å²) in [5, 5.41) is 3.14. The van der Waals surface area contributed by atoms with Gasteiger partial charge < -0.3 is 5.32 Å². The molecule has 0 aromatic heterocycles. The van der Waals surface area contributed by atoms with E-state index in [1.165, 1.54) is 0 Å². The number of rotatable bonds is 3. The first-order chi connectivity index (χ1) is 6.45. The summed E-state index contributed by atoms with van der Waals surface area (Å²) in [7, 11) is 1.90. The summed E-state index contributed by atoms with van der Waals surface area (Å²) in [6.07, 6.45) is 0. The maximum atomic E-state index is 13.6. The molecule has 0 aliphatic rings. The molecular formula is C12H18FN. The second-order valence-electron chi connectivity index (χ2n) is 4.11. The second kappa shape index (κ2) is 4.09. The Morgan fingerprint density at radius 3 is 2.50 bits per heavy atom. The molecule has 0 aliphatic carbocycles. The number of benzene rings is 1. The molecule has 0 spiro atoms. The molecule has 1 aromatic carbocycles. The molecule has 1 N–H and O–H groups in total. The maximum Gasteiger partial charge on any atom is 0.130 e. The van der Waals surface area contributed by atoms with Crippen LogP contribution in [0, 0.1) is 0 Å². The van der Waals surface area contributed by atoms with Crippen LogP contribution >= 0.6 is 0 Å². The number of hydrogen-bond donors (Lipinski definition) is 1. The van der Waals surface area contributed by atoms with Gasteiger partial charge in [0, 0.05) is 6.04 Å². The highest BCUT2D eigenvalue weighted by Gasteiger charge is 2.19. The summed E-state index contributed by atoms with van der Waals surface area (Å²) >= 11 is 0. The lowest BCUT2D eigenvalue weighted by atomic mass is 9.96. The van der Waals surface area contributed by atoms with E-state index in [2.05, 4.69) is 12.2 Å². The van der Waals surface area contributed by atoms with Crippen molar-refractivity contribution in [1.29, 1.82) is 0 Å². The molecule has 0 saturated heterocycles. The predicted octanol–water partition coefficient (Wildman–Crippen LogP) is 3.17. The van der Waals surface area contributed by atoms with Gasteiger partial charge in [-0.1, -0.05) is 24.3 Å². The average Bonchev–Trinajstić information content (AvgIpc) is 2.15. The molecule has 0 fully saturated rings. The zero-order valence-electron chi connectivity index (χ0n) is 9.26. The van der Waals surface area contributed by atoms with Gasteiger partial charge in [-0.3, -0.25) is 0 Å². The minimum absolute atomic E-state index is 0.261. The molecule has 0 amide bonds. The molecular weight excluding hydrogens is 177 g/mol. The molecule has 0 radical (unpaired) electrons. The van der Waals surface area contributed by atoms with Crippen molar-refractivity contribution >= 4 is 0 Å². The fourth-order valence-electron chi connectivity index (χ4n) is 1.34. The van der Waals surface area contributed by atoms with Gasteiger partial charge in [0.2, 0.25) is 0 Å². The zero-order valence-corrected chi connectivity index (χ0v) is 9.26. The Morgan fingerprint density at radius 2 is 2.00 bits per heavy atom. The topological polar surface area (TPSA) is 12.0 Å². The lowest BCUT2D eigenvalue weighted by Gasteiger charge is -2.17. The molecule has 1 unspecified atom stereocenters. The Labute approximate surface area is 85.3 Å². The van der Waals surface area contributed by atoms with Crippen LogP contribution in [0.3, 0.4) is 0 Å². The van der Waals surface area contributed by atoms with E-state index >= 15 is 0 Å². The van der Waals surface area contributed by atoms with Crippen LogP contribution in [0.5, 0.6) is 0 Å². The third-order valence-electron chi connectivity index (χ3n) is 2.51. The van der Waals surface area contributed by atoms with Crippen molar-refractivity contribution in [3.63, 3.8) is 0 Å². The van der Waals surface area contributed by atoms with Gasteiger partial charge in [0.1, 0.15) is 5.67 Å². The number of hydrogen-bond acceptors (Lipinski definition) is 1. The monoisotopic (exact) mass is 195 g/mol. The Balaban J connectivity index is 3.01. The van der Waals surface area contributed by atoms with Gasteiger partial charge in [-0.25, -0.2) is 4.39 Å². The van der Waals surface area contributed by atoms with Crippen LogP contribution in [-0.4, -0.2) is 7.05 Å². The molecule has 0 saturated carbocycles. The lowest BCUT2D eigenvalue weighted by molar-refractivity contribution is 0.221. The van der Waals surface area contributed by atoms with E-state index in [1.54, 1.807) is 13.8 Å². The first-order valence-electron chi connectivity index (χ1n) is 4.92. The van der Waals surface area contributed by atoms with Crippen molar-refractivity contribution < 1.29 is 4.39 Å². The van der Waals surface area contributed by atoms with Crippen LogP contribution in [0.2, 0.25) is 0 Å². The Morgan fingerprint density at radius 1 is 1.36 bits per heavy atom. The van der Waals surface area contributed by atoms with Crippen molar-refractivity contribution in [2.24, 2.45) is 0 Å². The van der Waals surface area contributed by atoms with Crippen LogP contribution in [0.1, 0.15) is 37.9 Å². The van der Waals surface area contributed by atoms with Crippen molar-refractivity contribution in [3.8, 4) is 0 Å². The van der Waals surface area contributed by atoms with Crippen LogP contribution < -0.4 is 5.32 Å². The molecule has 0 heterocycles. The van der Waals surface area contributed by atoms with Gasteiger partial charge in [-0.05, 0) is 38.9 Å². The Kier molecular flexibility index (Phi) is 3.27. The van der Waals surface area contributed by atoms with E-state index in [-0.39, 0.29) is 6.04 Å². The summed E-state index contributed by atoms with van der Waals surface area (Å²) in [5.74, 6) is 0. The fourth-order valence-corrected chi connectivity index (χ4v) is 1.34. The summed E-state index contributed by atoms with van der Waals surface area (Å²) in [6.45, 7) is 5.22. The summed E-state index contributed by atoms with van der Waals surface area (Å²) in [6, 6.07) is 7.92. The van der Waals surface area contributed by atoms with E-state index < -0.39 is 5.67 Å². The van der Waals surface area contributed by atoms with Gasteiger partial charge in [0.25, 0.3) is 0 Å². The minimum Gasteiger partial charge on any atom is -0.313 e. The van der Waals surface area contributed by atoms with Crippen LogP contribution in [0.15, 0.2) is 24.3 Å². The first kappa shape index (κ1) is 11.2. The standard InChI is InChI=1S/C12H18FN/c1-9(14-4)10-6-5-7-11(8-10)12(2,3)13/h5-9,14H,1-4H3. The lowest BCUT2D eigenvalue weighted by Crippen LogP contribution is -2.14. The fraction of sp³-hybridized carbons (Fsp3) is 0.500. The quantitative estimate of drug-likeness (QED) is 0.781. The van der Waals surface area contributed by atoms with Gasteiger partial charge in [0.15, 0.2) is 0 Å². The molecule has 2 heteroatoms. The Hall–Kier alpha value is -0.890. The number of halogens is 1. The molecule has 78 valence electrons. The second-order valence-corrected chi connectivity index (χ2v) is 4.11. The highest BCUT2D eigenvalue weighted by Crippen LogP contribution is 2.26. The maximum absolute atomic E-state index is 13.6. The minimum atomic E-state index is -1.26.